The second-order valence-corrected chi connectivity index (χ2v) is 14.6. The molecule has 0 saturated heterocycles. The lowest BCUT2D eigenvalue weighted by atomic mass is 9.62. The fourth-order valence-electron chi connectivity index (χ4n) is 5.70. The van der Waals surface area contributed by atoms with E-state index in [9.17, 15) is 34.2 Å². The first-order chi connectivity index (χ1) is 24.0. The molecule has 15 heteroatoms. The molecule has 0 spiro atoms. The van der Waals surface area contributed by atoms with Crippen molar-refractivity contribution in [1.82, 2.24) is 0 Å². The topological polar surface area (TPSA) is 134 Å². The van der Waals surface area contributed by atoms with Gasteiger partial charge in [0.05, 0.1) is 13.2 Å². The van der Waals surface area contributed by atoms with Crippen LogP contribution in [0.5, 0.6) is 0 Å². The summed E-state index contributed by atoms with van der Waals surface area (Å²) >= 11 is 22.0. The van der Waals surface area contributed by atoms with E-state index in [2.05, 4.69) is 15.9 Å². The molecule has 3 aromatic carbocycles. The first-order valence-electron chi connectivity index (χ1n) is 16.8. The molecule has 0 saturated carbocycles. The van der Waals surface area contributed by atoms with Crippen molar-refractivity contribution >= 4 is 76.5 Å². The van der Waals surface area contributed by atoms with Gasteiger partial charge in [-0.1, -0.05) is 82.6 Å². The van der Waals surface area contributed by atoms with E-state index < -0.39 is 43.8 Å². The lowest BCUT2D eigenvalue weighted by molar-refractivity contribution is -0.154. The highest BCUT2D eigenvalue weighted by atomic mass is 79.9. The van der Waals surface area contributed by atoms with Crippen molar-refractivity contribution in [2.45, 2.75) is 78.0 Å². The number of rotatable bonds is 17. The Labute approximate surface area is 324 Å². The van der Waals surface area contributed by atoms with Crippen LogP contribution in [0.25, 0.3) is 11.1 Å². The van der Waals surface area contributed by atoms with Gasteiger partial charge in [0.15, 0.2) is 12.2 Å². The first-order valence-corrected chi connectivity index (χ1v) is 18.7. The van der Waals surface area contributed by atoms with E-state index in [4.69, 9.17) is 44.3 Å². The van der Waals surface area contributed by atoms with Crippen LogP contribution in [0.4, 0.5) is 4.39 Å². The number of aliphatic hydroxyl groups is 2. The molecule has 3 rings (SSSR count). The molecule has 0 aliphatic rings. The molecule has 0 bridgehead atoms. The third-order valence-electron chi connectivity index (χ3n) is 7.90. The zero-order valence-corrected chi connectivity index (χ0v) is 33.0. The van der Waals surface area contributed by atoms with Gasteiger partial charge in [-0.2, -0.15) is 0 Å². The van der Waals surface area contributed by atoms with Gasteiger partial charge >= 0.3 is 11.9 Å². The predicted molar refractivity (Wildman–Crippen MR) is 207 cm³/mol. The molecule has 0 unspecified atom stereocenters. The van der Waals surface area contributed by atoms with Gasteiger partial charge in [-0.15, -0.1) is 0 Å². The summed E-state index contributed by atoms with van der Waals surface area (Å²) < 4.78 is 24.7. The number of hydrogen-bond donors (Lipinski definition) is 4. The van der Waals surface area contributed by atoms with Gasteiger partial charge in [0.25, 0.3) is 13.8 Å². The number of ether oxygens (including phenoxy) is 2. The molecule has 0 aliphatic carbocycles. The van der Waals surface area contributed by atoms with E-state index in [1.165, 1.54) is 18.2 Å². The summed E-state index contributed by atoms with van der Waals surface area (Å²) in [6.07, 6.45) is -0.192. The number of carbonyl (C=O) groups is 2. The third-order valence-corrected chi connectivity index (χ3v) is 9.34. The van der Waals surface area contributed by atoms with E-state index in [1.807, 2.05) is 12.1 Å². The minimum Gasteiger partial charge on any atom is -0.464 e. The van der Waals surface area contributed by atoms with Crippen molar-refractivity contribution in [2.75, 3.05) is 13.2 Å². The molecule has 0 aromatic heterocycles. The van der Waals surface area contributed by atoms with Crippen molar-refractivity contribution in [2.24, 2.45) is 11.8 Å². The number of hydrogen-bond acceptors (Lipinski definition) is 8. The summed E-state index contributed by atoms with van der Waals surface area (Å²) in [5, 5.41) is 40.9. The van der Waals surface area contributed by atoms with Crippen LogP contribution in [0.2, 0.25) is 41.4 Å². The Hall–Kier alpha value is -2.15. The van der Waals surface area contributed by atoms with E-state index in [0.29, 0.717) is 51.7 Å². The van der Waals surface area contributed by atoms with Crippen LogP contribution in [0.1, 0.15) is 37.8 Å². The fraction of sp³-hybridized carbons (Fsp3) is 0.444. The largest absolute Gasteiger partial charge is 0.464 e. The average Bonchev–Trinajstić information content (AvgIpc) is 3.04. The van der Waals surface area contributed by atoms with Crippen LogP contribution in [-0.4, -0.2) is 71.5 Å². The number of halogens is 5. The molecule has 0 radical (unpaired) electrons. The highest BCUT2D eigenvalue weighted by Gasteiger charge is 2.26. The summed E-state index contributed by atoms with van der Waals surface area (Å²) in [5.41, 5.74) is 2.65. The van der Waals surface area contributed by atoms with Crippen molar-refractivity contribution in [1.29, 1.82) is 0 Å². The van der Waals surface area contributed by atoms with Crippen molar-refractivity contribution < 1.29 is 43.7 Å². The Bertz CT molecular complexity index is 1570. The molecule has 4 N–H and O–H groups in total. The van der Waals surface area contributed by atoms with E-state index in [0.717, 1.165) is 15.6 Å². The maximum absolute atomic E-state index is 14.1. The first kappa shape index (κ1) is 45.0. The lowest BCUT2D eigenvalue weighted by Crippen LogP contribution is -2.28. The molecular weight excluding hydrogens is 787 g/mol. The van der Waals surface area contributed by atoms with Crippen LogP contribution < -0.4 is 0 Å². The Morgan fingerprint density at radius 1 is 0.765 bits per heavy atom. The smallest absolute Gasteiger partial charge is 0.334 e. The summed E-state index contributed by atoms with van der Waals surface area (Å²) in [7, 11) is 0. The second-order valence-electron chi connectivity index (χ2n) is 12.5. The highest BCUT2D eigenvalue weighted by molar-refractivity contribution is 9.10. The molecular formula is C36H45B2BrCl3FO8. The minimum absolute atomic E-state index is 0.0712. The van der Waals surface area contributed by atoms with Crippen LogP contribution in [0, 0.1) is 17.7 Å². The maximum Gasteiger partial charge on any atom is 0.334 e. The van der Waals surface area contributed by atoms with Crippen LogP contribution >= 0.6 is 50.7 Å². The van der Waals surface area contributed by atoms with Gasteiger partial charge in [-0.25, -0.2) is 14.0 Å². The maximum atomic E-state index is 14.1. The van der Waals surface area contributed by atoms with Crippen LogP contribution in [0.3, 0.4) is 0 Å². The Kier molecular flexibility index (Phi) is 20.1. The lowest BCUT2D eigenvalue weighted by Gasteiger charge is -2.21. The highest BCUT2D eigenvalue weighted by Crippen LogP contribution is 2.32. The molecule has 0 fully saturated rings. The number of carbonyl (C=O) groups excluding carboxylic acids is 2. The fourth-order valence-corrected chi connectivity index (χ4v) is 6.88. The standard InChI is InChI=1S/C21H24BCl2FO4.C15H21BBrClO4/c1-3-29-21(27)20(26)9-13(12-22(2)28)8-15-5-4-14(10-18(15)24)17-11-16(23)6-7-19(17)25;1-3-22-15(20)14(19)7-10(9-16(2)21)6-11-4-5-12(17)8-13(11)18/h4-7,10-11,13,20,26,28H,3,8-9,12H2,1-2H3;4-5,8,10,14,19,21H,3,6-7,9H2,1-2H3/t13-,20-;10-,14-/m11/s1. The molecule has 278 valence electrons. The Balaban J connectivity index is 0.000000368. The second kappa shape index (κ2) is 22.8. The van der Waals surface area contributed by atoms with Crippen LogP contribution in [0.15, 0.2) is 59.1 Å². The number of benzene rings is 3. The third kappa shape index (κ3) is 16.2. The van der Waals surface area contributed by atoms with Gasteiger partial charge in [0, 0.05) is 25.1 Å². The molecule has 8 nitrogen and oxygen atoms in total. The van der Waals surface area contributed by atoms with Crippen molar-refractivity contribution in [3.63, 3.8) is 0 Å². The van der Waals surface area contributed by atoms with E-state index in [-0.39, 0.29) is 37.9 Å². The van der Waals surface area contributed by atoms with Gasteiger partial charge in [-0.3, -0.25) is 0 Å². The molecule has 0 aliphatic heterocycles. The minimum atomic E-state index is -1.27. The SMILES string of the molecule is CCOC(=O)[C@H](O)C[C@H](CB(C)O)Cc1ccc(-c2cc(Cl)ccc2F)cc1Cl.CCOC(=O)[C@H](O)C[C@H](CB(C)O)Cc1ccc(Br)cc1Cl. The normalized spacial score (nSPS) is 13.3. The zero-order chi connectivity index (χ0) is 38.2. The Morgan fingerprint density at radius 2 is 1.24 bits per heavy atom. The summed E-state index contributed by atoms with van der Waals surface area (Å²) in [5.74, 6) is -1.97. The Morgan fingerprint density at radius 3 is 1.67 bits per heavy atom. The summed E-state index contributed by atoms with van der Waals surface area (Å²) in [4.78, 5) is 23.3. The van der Waals surface area contributed by atoms with Gasteiger partial charge < -0.3 is 29.7 Å². The molecule has 3 aromatic rings. The molecule has 4 atom stereocenters. The summed E-state index contributed by atoms with van der Waals surface area (Å²) in [6, 6.07) is 15.1. The predicted octanol–water partition coefficient (Wildman–Crippen LogP) is 8.07. The molecule has 0 heterocycles. The van der Waals surface area contributed by atoms with E-state index >= 15 is 0 Å². The van der Waals surface area contributed by atoms with Crippen LogP contribution in [-0.2, 0) is 31.9 Å². The zero-order valence-electron chi connectivity index (χ0n) is 29.1. The quantitative estimate of drug-likeness (QED) is 0.0794. The van der Waals surface area contributed by atoms with Gasteiger partial charge in [0.2, 0.25) is 0 Å². The van der Waals surface area contributed by atoms with Gasteiger partial charge in [0.1, 0.15) is 5.82 Å². The average molecular weight is 833 g/mol. The van der Waals surface area contributed by atoms with Crippen molar-refractivity contribution in [3.8, 4) is 11.1 Å². The monoisotopic (exact) mass is 830 g/mol. The van der Waals surface area contributed by atoms with Gasteiger partial charge in [-0.05, 0) is 117 Å². The molecule has 51 heavy (non-hydrogen) atoms. The number of esters is 2. The number of aliphatic hydroxyl groups excluding tert-OH is 2. The summed E-state index contributed by atoms with van der Waals surface area (Å²) in [6.45, 7) is 5.99. The van der Waals surface area contributed by atoms with E-state index in [1.54, 1.807) is 51.8 Å². The van der Waals surface area contributed by atoms with Crippen molar-refractivity contribution in [3.05, 3.63) is 91.1 Å². The molecule has 0 amide bonds.